The maximum atomic E-state index is 12.7. The van der Waals surface area contributed by atoms with Crippen LogP contribution in [0.5, 0.6) is 0 Å². The summed E-state index contributed by atoms with van der Waals surface area (Å²) < 4.78 is 38.0. The molecular formula is C18H22F3N3O2. The molecule has 26 heavy (non-hydrogen) atoms. The van der Waals surface area contributed by atoms with Gasteiger partial charge in [0, 0.05) is 26.2 Å². The van der Waals surface area contributed by atoms with Crippen LogP contribution in [0.25, 0.3) is 0 Å². The first-order chi connectivity index (χ1) is 12.2. The van der Waals surface area contributed by atoms with Crippen molar-refractivity contribution in [3.05, 3.63) is 48.0 Å². The van der Waals surface area contributed by atoms with Crippen LogP contribution in [0.15, 0.2) is 36.9 Å². The van der Waals surface area contributed by atoms with Crippen LogP contribution in [0.4, 0.5) is 13.2 Å². The Morgan fingerprint density at radius 2 is 1.96 bits per heavy atom. The summed E-state index contributed by atoms with van der Waals surface area (Å²) in [4.78, 5) is 25.6. The molecule has 1 fully saturated rings. The van der Waals surface area contributed by atoms with Crippen molar-refractivity contribution in [2.45, 2.75) is 37.6 Å². The molecule has 5 nitrogen and oxygen atoms in total. The number of carbonyl (C=O) groups is 2. The van der Waals surface area contributed by atoms with Crippen LogP contribution in [0.1, 0.15) is 24.0 Å². The first kappa shape index (κ1) is 20.0. The summed E-state index contributed by atoms with van der Waals surface area (Å²) in [5, 5.41) is 5.40. The molecule has 2 amide bonds. The highest BCUT2D eigenvalue weighted by Gasteiger charge is 2.34. The molecule has 0 bridgehead atoms. The Kier molecular flexibility index (Phi) is 6.42. The summed E-state index contributed by atoms with van der Waals surface area (Å²) in [6.07, 6.45) is -2.11. The van der Waals surface area contributed by atoms with Gasteiger partial charge in [0.2, 0.25) is 11.8 Å². The van der Waals surface area contributed by atoms with Crippen molar-refractivity contribution in [3.8, 4) is 0 Å². The molecule has 1 saturated heterocycles. The summed E-state index contributed by atoms with van der Waals surface area (Å²) >= 11 is 0. The first-order valence-corrected chi connectivity index (χ1v) is 8.29. The molecule has 1 unspecified atom stereocenters. The predicted molar refractivity (Wildman–Crippen MR) is 91.1 cm³/mol. The molecule has 2 N–H and O–H groups in total. The third-order valence-corrected chi connectivity index (χ3v) is 4.46. The van der Waals surface area contributed by atoms with Crippen LogP contribution in [0.2, 0.25) is 0 Å². The fourth-order valence-corrected chi connectivity index (χ4v) is 3.07. The van der Waals surface area contributed by atoms with Crippen LogP contribution in [0.3, 0.4) is 0 Å². The Labute approximate surface area is 150 Å². The minimum absolute atomic E-state index is 0.147. The number of rotatable bonds is 5. The van der Waals surface area contributed by atoms with Crippen molar-refractivity contribution in [1.82, 2.24) is 15.5 Å². The van der Waals surface area contributed by atoms with E-state index in [4.69, 9.17) is 0 Å². The van der Waals surface area contributed by atoms with E-state index in [1.165, 1.54) is 25.3 Å². The number of piperidine rings is 1. The number of hydrogen-bond acceptors (Lipinski definition) is 3. The van der Waals surface area contributed by atoms with Gasteiger partial charge >= 0.3 is 6.18 Å². The highest BCUT2D eigenvalue weighted by atomic mass is 19.4. The van der Waals surface area contributed by atoms with E-state index in [1.54, 1.807) is 0 Å². The Bertz CT molecular complexity index is 659. The van der Waals surface area contributed by atoms with Crippen molar-refractivity contribution in [3.63, 3.8) is 0 Å². The second-order valence-corrected chi connectivity index (χ2v) is 6.23. The summed E-state index contributed by atoms with van der Waals surface area (Å²) in [6, 6.07) is 4.32. The number of halogens is 3. The molecular weight excluding hydrogens is 347 g/mol. The van der Waals surface area contributed by atoms with Crippen molar-refractivity contribution < 1.29 is 22.8 Å². The van der Waals surface area contributed by atoms with Gasteiger partial charge in [0.25, 0.3) is 0 Å². The fraction of sp³-hybridized carbons (Fsp3) is 0.444. The molecule has 1 heterocycles. The number of nitrogens with one attached hydrogen (secondary N) is 2. The van der Waals surface area contributed by atoms with E-state index in [0.29, 0.717) is 31.5 Å². The zero-order valence-corrected chi connectivity index (χ0v) is 14.5. The van der Waals surface area contributed by atoms with Crippen molar-refractivity contribution in [2.24, 2.45) is 0 Å². The molecule has 2 rings (SSSR count). The van der Waals surface area contributed by atoms with E-state index in [-0.39, 0.29) is 17.9 Å². The molecule has 1 aromatic rings. The number of carbonyl (C=O) groups excluding carboxylic acids is 2. The average molecular weight is 369 g/mol. The smallest absolute Gasteiger partial charge is 0.358 e. The van der Waals surface area contributed by atoms with E-state index in [2.05, 4.69) is 17.2 Å². The summed E-state index contributed by atoms with van der Waals surface area (Å²) in [5.41, 5.74) is -0.00423. The lowest BCUT2D eigenvalue weighted by Gasteiger charge is -2.38. The molecule has 142 valence electrons. The molecule has 0 aromatic heterocycles. The monoisotopic (exact) mass is 369 g/mol. The first-order valence-electron chi connectivity index (χ1n) is 8.29. The van der Waals surface area contributed by atoms with Crippen LogP contribution in [-0.2, 0) is 22.3 Å². The number of alkyl halides is 3. The quantitative estimate of drug-likeness (QED) is 0.782. The number of hydrogen-bond donors (Lipinski definition) is 2. The second kappa shape index (κ2) is 8.35. The molecule has 1 aromatic carbocycles. The lowest BCUT2D eigenvalue weighted by Crippen LogP contribution is -2.54. The number of benzene rings is 1. The fourth-order valence-electron chi connectivity index (χ4n) is 3.07. The van der Waals surface area contributed by atoms with Crippen LogP contribution in [0, 0.1) is 0 Å². The van der Waals surface area contributed by atoms with Gasteiger partial charge < -0.3 is 10.6 Å². The van der Waals surface area contributed by atoms with Gasteiger partial charge in [-0.3, -0.25) is 14.5 Å². The third-order valence-electron chi connectivity index (χ3n) is 4.46. The number of likely N-dealkylation sites (N-methyl/N-ethyl adjacent to an activating group) is 1. The summed E-state index contributed by atoms with van der Waals surface area (Å²) in [5.74, 6) is -0.476. The van der Waals surface area contributed by atoms with Gasteiger partial charge in [-0.1, -0.05) is 18.7 Å². The number of amides is 2. The average Bonchev–Trinajstić information content (AvgIpc) is 2.61. The lowest BCUT2D eigenvalue weighted by molar-refractivity contribution is -0.137. The standard InChI is InChI=1S/C18H22F3N3O2/c1-3-16(25)23-14-8-9-24(15(10-14)17(26)22-2)11-12-4-6-13(7-5-12)18(19,20)21/h3-7,14-15H,1,8-11H2,2H3,(H,22,26)(H,23,25)/t14?,15-/m1/s1. The topological polar surface area (TPSA) is 61.4 Å². The maximum Gasteiger partial charge on any atom is 0.416 e. The summed E-state index contributed by atoms with van der Waals surface area (Å²) in [6.45, 7) is 4.31. The van der Waals surface area contributed by atoms with E-state index < -0.39 is 17.8 Å². The van der Waals surface area contributed by atoms with Crippen LogP contribution < -0.4 is 10.6 Å². The van der Waals surface area contributed by atoms with E-state index >= 15 is 0 Å². The molecule has 0 aliphatic carbocycles. The van der Waals surface area contributed by atoms with Crippen LogP contribution in [-0.4, -0.2) is 42.4 Å². The minimum atomic E-state index is -4.37. The normalized spacial score (nSPS) is 21.1. The minimum Gasteiger partial charge on any atom is -0.358 e. The Hall–Kier alpha value is -2.35. The van der Waals surface area contributed by atoms with Gasteiger partial charge in [-0.05, 0) is 36.6 Å². The molecule has 0 spiro atoms. The Morgan fingerprint density at radius 1 is 1.31 bits per heavy atom. The largest absolute Gasteiger partial charge is 0.416 e. The van der Waals surface area contributed by atoms with Gasteiger partial charge in [-0.2, -0.15) is 13.2 Å². The van der Waals surface area contributed by atoms with Crippen LogP contribution >= 0.6 is 0 Å². The van der Waals surface area contributed by atoms with E-state index in [0.717, 1.165) is 12.1 Å². The number of likely N-dealkylation sites (tertiary alicyclic amines) is 1. The Balaban J connectivity index is 2.08. The van der Waals surface area contributed by atoms with Crippen molar-refractivity contribution >= 4 is 11.8 Å². The van der Waals surface area contributed by atoms with Gasteiger partial charge in [0.15, 0.2) is 0 Å². The second-order valence-electron chi connectivity index (χ2n) is 6.23. The van der Waals surface area contributed by atoms with Crippen molar-refractivity contribution in [2.75, 3.05) is 13.6 Å². The van der Waals surface area contributed by atoms with Gasteiger partial charge in [0.05, 0.1) is 11.6 Å². The predicted octanol–water partition coefficient (Wildman–Crippen LogP) is 2.09. The molecule has 1 aliphatic heterocycles. The lowest BCUT2D eigenvalue weighted by atomic mass is 9.95. The highest BCUT2D eigenvalue weighted by molar-refractivity contribution is 5.87. The molecule has 2 atom stereocenters. The maximum absolute atomic E-state index is 12.7. The van der Waals surface area contributed by atoms with Gasteiger partial charge in [-0.25, -0.2) is 0 Å². The van der Waals surface area contributed by atoms with Gasteiger partial charge in [0.1, 0.15) is 0 Å². The van der Waals surface area contributed by atoms with E-state index in [9.17, 15) is 22.8 Å². The molecule has 1 aliphatic rings. The number of nitrogens with zero attached hydrogens (tertiary/aromatic N) is 1. The third kappa shape index (κ3) is 5.08. The van der Waals surface area contributed by atoms with E-state index in [1.807, 2.05) is 4.90 Å². The Morgan fingerprint density at radius 3 is 2.50 bits per heavy atom. The summed E-state index contributed by atoms with van der Waals surface area (Å²) in [7, 11) is 1.53. The molecule has 0 saturated carbocycles. The SMILES string of the molecule is C=CC(=O)NC1CCN(Cc2ccc(C(F)(F)F)cc2)[C@@H](C(=O)NC)C1. The van der Waals surface area contributed by atoms with Crippen molar-refractivity contribution in [1.29, 1.82) is 0 Å². The highest BCUT2D eigenvalue weighted by Crippen LogP contribution is 2.29. The van der Waals surface area contributed by atoms with Gasteiger partial charge in [-0.15, -0.1) is 0 Å². The zero-order valence-electron chi connectivity index (χ0n) is 14.5. The molecule has 0 radical (unpaired) electrons. The molecule has 8 heteroatoms. The zero-order chi connectivity index (χ0) is 19.3.